The van der Waals surface area contributed by atoms with Crippen LogP contribution in [0.4, 0.5) is 13.2 Å². The number of piperidine rings is 1. The van der Waals surface area contributed by atoms with E-state index >= 15 is 0 Å². The van der Waals surface area contributed by atoms with Crippen LogP contribution in [0.25, 0.3) is 0 Å². The summed E-state index contributed by atoms with van der Waals surface area (Å²) in [5.74, 6) is 0.188. The fourth-order valence-electron chi connectivity index (χ4n) is 4.88. The second kappa shape index (κ2) is 9.24. The van der Waals surface area contributed by atoms with Gasteiger partial charge in [-0.3, -0.25) is 9.80 Å². The van der Waals surface area contributed by atoms with Crippen LogP contribution < -0.4 is 0 Å². The van der Waals surface area contributed by atoms with Crippen molar-refractivity contribution in [2.75, 3.05) is 26.2 Å². The first kappa shape index (κ1) is 22.8. The monoisotopic (exact) mass is 446 g/mol. The van der Waals surface area contributed by atoms with Crippen molar-refractivity contribution < 1.29 is 22.7 Å². The van der Waals surface area contributed by atoms with Gasteiger partial charge < -0.3 is 4.74 Å². The maximum Gasteiger partial charge on any atom is 0.416 e. The Morgan fingerprint density at radius 2 is 1.75 bits per heavy atom. The topological polar surface area (TPSA) is 32.8 Å². The van der Waals surface area contributed by atoms with Crippen molar-refractivity contribution in [1.29, 1.82) is 0 Å². The Morgan fingerprint density at radius 3 is 2.38 bits per heavy atom. The van der Waals surface area contributed by atoms with E-state index in [0.717, 1.165) is 45.0 Å². The summed E-state index contributed by atoms with van der Waals surface area (Å²) in [5.41, 5.74) is 1.41. The van der Waals surface area contributed by atoms with Gasteiger partial charge in [0.25, 0.3) is 0 Å². The van der Waals surface area contributed by atoms with E-state index in [-0.39, 0.29) is 17.9 Å². The number of carbonyl (C=O) groups excluding carboxylic acids is 1. The van der Waals surface area contributed by atoms with Gasteiger partial charge >= 0.3 is 6.18 Å². The van der Waals surface area contributed by atoms with Crippen LogP contribution in [0.2, 0.25) is 0 Å². The Bertz CT molecular complexity index is 938. The summed E-state index contributed by atoms with van der Waals surface area (Å²) in [4.78, 5) is 12.1. The SMILES string of the molecule is Cc1cc(COCC2(c3ccccc3)CCN(N3CCCC3=O)CC2)cc(C(F)(F)F)c1. The normalized spacial score (nSPS) is 19.5. The zero-order valence-electron chi connectivity index (χ0n) is 18.3. The maximum atomic E-state index is 13.2. The zero-order chi connectivity index (χ0) is 22.8. The van der Waals surface area contributed by atoms with Gasteiger partial charge in [-0.15, -0.1) is 0 Å². The Labute approximate surface area is 186 Å². The fourth-order valence-corrected chi connectivity index (χ4v) is 4.88. The van der Waals surface area contributed by atoms with Gasteiger partial charge in [0.05, 0.1) is 18.8 Å². The van der Waals surface area contributed by atoms with E-state index in [1.807, 2.05) is 23.2 Å². The van der Waals surface area contributed by atoms with Crippen molar-refractivity contribution in [3.8, 4) is 0 Å². The largest absolute Gasteiger partial charge is 0.416 e. The summed E-state index contributed by atoms with van der Waals surface area (Å²) in [6.45, 7) is 4.52. The molecule has 2 aliphatic heterocycles. The van der Waals surface area contributed by atoms with Crippen molar-refractivity contribution >= 4 is 5.91 Å². The Kier molecular flexibility index (Phi) is 6.58. The molecule has 0 spiro atoms. The molecule has 4 rings (SSSR count). The number of amides is 1. The third-order valence-electron chi connectivity index (χ3n) is 6.58. The second-order valence-corrected chi connectivity index (χ2v) is 8.92. The first-order chi connectivity index (χ1) is 15.3. The van der Waals surface area contributed by atoms with Crippen LogP contribution in [-0.4, -0.2) is 42.2 Å². The van der Waals surface area contributed by atoms with Gasteiger partial charge in [-0.2, -0.15) is 13.2 Å². The van der Waals surface area contributed by atoms with E-state index in [2.05, 4.69) is 17.1 Å². The van der Waals surface area contributed by atoms with Crippen molar-refractivity contribution in [2.45, 2.75) is 50.8 Å². The molecule has 2 fully saturated rings. The molecule has 2 aromatic rings. The molecule has 32 heavy (non-hydrogen) atoms. The number of hydrogen-bond acceptors (Lipinski definition) is 3. The molecule has 0 N–H and O–H groups in total. The first-order valence-electron chi connectivity index (χ1n) is 11.1. The summed E-state index contributed by atoms with van der Waals surface area (Å²) in [6, 6.07) is 14.2. The van der Waals surface area contributed by atoms with E-state index < -0.39 is 11.7 Å². The molecule has 4 nitrogen and oxygen atoms in total. The summed E-state index contributed by atoms with van der Waals surface area (Å²) in [6.07, 6.45) is -1.21. The molecular formula is C25H29F3N2O2. The van der Waals surface area contributed by atoms with Crippen LogP contribution >= 0.6 is 0 Å². The molecule has 0 saturated carbocycles. The number of alkyl halides is 3. The minimum absolute atomic E-state index is 0.133. The molecule has 172 valence electrons. The molecule has 2 saturated heterocycles. The molecule has 2 aromatic carbocycles. The molecule has 2 aliphatic rings. The number of hydrazine groups is 1. The Morgan fingerprint density at radius 1 is 1.03 bits per heavy atom. The van der Waals surface area contributed by atoms with Crippen molar-refractivity contribution in [3.63, 3.8) is 0 Å². The molecule has 2 heterocycles. The lowest BCUT2D eigenvalue weighted by Crippen LogP contribution is -2.52. The zero-order valence-corrected chi connectivity index (χ0v) is 18.3. The van der Waals surface area contributed by atoms with Crippen molar-refractivity contribution in [3.05, 3.63) is 70.8 Å². The molecule has 0 bridgehead atoms. The molecule has 0 atom stereocenters. The van der Waals surface area contributed by atoms with Crippen LogP contribution in [0.5, 0.6) is 0 Å². The van der Waals surface area contributed by atoms with Gasteiger partial charge in [-0.05, 0) is 49.4 Å². The number of ether oxygens (including phenoxy) is 1. The lowest BCUT2D eigenvalue weighted by Gasteiger charge is -2.44. The number of rotatable bonds is 6. The third kappa shape index (κ3) is 4.99. The molecule has 0 unspecified atom stereocenters. The number of hydrogen-bond donors (Lipinski definition) is 0. The van der Waals surface area contributed by atoms with Gasteiger partial charge in [0, 0.05) is 31.5 Å². The smallest absolute Gasteiger partial charge is 0.376 e. The molecule has 7 heteroatoms. The number of carbonyl (C=O) groups is 1. The van der Waals surface area contributed by atoms with Crippen LogP contribution in [0.1, 0.15) is 47.9 Å². The highest BCUT2D eigenvalue weighted by Gasteiger charge is 2.39. The van der Waals surface area contributed by atoms with Crippen molar-refractivity contribution in [1.82, 2.24) is 10.0 Å². The predicted octanol–water partition coefficient (Wildman–Crippen LogP) is 5.10. The van der Waals surface area contributed by atoms with Gasteiger partial charge in [0.15, 0.2) is 0 Å². The quantitative estimate of drug-likeness (QED) is 0.619. The molecule has 0 aliphatic carbocycles. The summed E-state index contributed by atoms with van der Waals surface area (Å²) < 4.78 is 45.5. The molecule has 0 radical (unpaired) electrons. The first-order valence-corrected chi connectivity index (χ1v) is 11.1. The molecular weight excluding hydrogens is 417 g/mol. The van der Waals surface area contributed by atoms with E-state index in [9.17, 15) is 18.0 Å². The summed E-state index contributed by atoms with van der Waals surface area (Å²) >= 11 is 0. The van der Waals surface area contributed by atoms with E-state index in [1.165, 1.54) is 11.6 Å². The lowest BCUT2D eigenvalue weighted by molar-refractivity contribution is -0.147. The van der Waals surface area contributed by atoms with Gasteiger partial charge in [0.2, 0.25) is 5.91 Å². The second-order valence-electron chi connectivity index (χ2n) is 8.92. The maximum absolute atomic E-state index is 13.2. The molecule has 1 amide bonds. The minimum Gasteiger partial charge on any atom is -0.376 e. The number of benzene rings is 2. The highest BCUT2D eigenvalue weighted by Crippen LogP contribution is 2.37. The summed E-state index contributed by atoms with van der Waals surface area (Å²) in [5, 5.41) is 4.02. The van der Waals surface area contributed by atoms with Gasteiger partial charge in [0.1, 0.15) is 0 Å². The van der Waals surface area contributed by atoms with E-state index in [1.54, 1.807) is 13.0 Å². The number of nitrogens with zero attached hydrogens (tertiary/aromatic N) is 2. The minimum atomic E-state index is -4.37. The third-order valence-corrected chi connectivity index (χ3v) is 6.58. The van der Waals surface area contributed by atoms with E-state index in [4.69, 9.17) is 4.74 Å². The summed E-state index contributed by atoms with van der Waals surface area (Å²) in [7, 11) is 0. The number of halogens is 3. The van der Waals surface area contributed by atoms with Gasteiger partial charge in [-0.25, -0.2) is 5.01 Å². The van der Waals surface area contributed by atoms with Crippen LogP contribution in [0, 0.1) is 6.92 Å². The van der Waals surface area contributed by atoms with Crippen molar-refractivity contribution in [2.24, 2.45) is 0 Å². The van der Waals surface area contributed by atoms with Crippen LogP contribution in [0.15, 0.2) is 48.5 Å². The molecule has 0 aromatic heterocycles. The van der Waals surface area contributed by atoms with Gasteiger partial charge in [-0.1, -0.05) is 42.0 Å². The number of aryl methyl sites for hydroxylation is 1. The van der Waals surface area contributed by atoms with E-state index in [0.29, 0.717) is 24.2 Å². The standard InChI is InChI=1S/C25H29F3N2O2/c1-19-14-20(16-22(15-19)25(26,27)28)17-32-18-24(21-6-3-2-4-7-21)9-12-29(13-10-24)30-11-5-8-23(30)31/h2-4,6-7,14-16H,5,8-13,17-18H2,1H3. The lowest BCUT2D eigenvalue weighted by atomic mass is 9.73. The highest BCUT2D eigenvalue weighted by molar-refractivity contribution is 5.77. The van der Waals surface area contributed by atoms with Crippen LogP contribution in [-0.2, 0) is 27.7 Å². The average molecular weight is 447 g/mol. The Balaban J connectivity index is 1.46. The average Bonchev–Trinajstić information content (AvgIpc) is 3.20. The Hall–Kier alpha value is -2.38. The highest BCUT2D eigenvalue weighted by atomic mass is 19.4. The fraction of sp³-hybridized carbons (Fsp3) is 0.480. The van der Waals surface area contributed by atoms with Crippen LogP contribution in [0.3, 0.4) is 0 Å². The predicted molar refractivity (Wildman–Crippen MR) is 116 cm³/mol.